The highest BCUT2D eigenvalue weighted by atomic mass is 32.1. The van der Waals surface area contributed by atoms with Crippen molar-refractivity contribution in [3.8, 4) is 0 Å². The number of benzene rings is 1. The van der Waals surface area contributed by atoms with Crippen molar-refractivity contribution in [1.29, 1.82) is 0 Å². The van der Waals surface area contributed by atoms with Crippen molar-refractivity contribution in [1.82, 2.24) is 14.8 Å². The van der Waals surface area contributed by atoms with Crippen LogP contribution in [0.4, 0.5) is 5.13 Å². The molecule has 0 radical (unpaired) electrons. The number of thiophene rings is 1. The largest absolute Gasteiger partial charge is 0.281 e. The van der Waals surface area contributed by atoms with Crippen LogP contribution in [0.1, 0.15) is 20.8 Å². The van der Waals surface area contributed by atoms with Gasteiger partial charge in [-0.1, -0.05) is 23.5 Å². The third-order valence-corrected chi connectivity index (χ3v) is 6.02. The maximum Gasteiger partial charge on any atom is 0.270 e. The number of nitrogens with zero attached hydrogens (tertiary/aromatic N) is 4. The fraction of sp³-hybridized carbons (Fsp3) is 0.211. The van der Waals surface area contributed by atoms with Gasteiger partial charge >= 0.3 is 0 Å². The zero-order valence-corrected chi connectivity index (χ0v) is 16.2. The summed E-state index contributed by atoms with van der Waals surface area (Å²) in [5.74, 6) is -0.0133. The summed E-state index contributed by atoms with van der Waals surface area (Å²) in [7, 11) is 0. The van der Waals surface area contributed by atoms with E-state index in [1.165, 1.54) is 16.9 Å². The van der Waals surface area contributed by atoms with Crippen molar-refractivity contribution < 1.29 is 4.79 Å². The lowest BCUT2D eigenvalue weighted by atomic mass is 10.1. The van der Waals surface area contributed by atoms with E-state index >= 15 is 0 Å². The Morgan fingerprint density at radius 1 is 1.27 bits per heavy atom. The molecule has 3 heterocycles. The molecule has 3 aromatic heterocycles. The monoisotopic (exact) mass is 382 g/mol. The Morgan fingerprint density at radius 3 is 2.88 bits per heavy atom. The first-order valence-corrected chi connectivity index (χ1v) is 10.0. The van der Waals surface area contributed by atoms with Gasteiger partial charge < -0.3 is 0 Å². The first kappa shape index (κ1) is 16.9. The van der Waals surface area contributed by atoms with Crippen molar-refractivity contribution in [2.75, 3.05) is 11.4 Å². The molecule has 0 saturated heterocycles. The van der Waals surface area contributed by atoms with Gasteiger partial charge in [-0.3, -0.25) is 14.4 Å². The van der Waals surface area contributed by atoms with Crippen LogP contribution >= 0.6 is 22.7 Å². The highest BCUT2D eigenvalue weighted by Crippen LogP contribution is 2.32. The molecule has 4 aromatic rings. The minimum atomic E-state index is -0.0133. The van der Waals surface area contributed by atoms with Gasteiger partial charge in [0.15, 0.2) is 5.13 Å². The average molecular weight is 383 g/mol. The van der Waals surface area contributed by atoms with Gasteiger partial charge in [0.05, 0.1) is 21.6 Å². The van der Waals surface area contributed by atoms with Crippen LogP contribution in [0.3, 0.4) is 0 Å². The Balaban J connectivity index is 1.71. The number of aryl methyl sites for hydroxylation is 2. The predicted octanol–water partition coefficient (Wildman–Crippen LogP) is 4.52. The average Bonchev–Trinajstić information content (AvgIpc) is 3.36. The number of fused-ring (bicyclic) bond motifs is 1. The van der Waals surface area contributed by atoms with E-state index in [0.717, 1.165) is 25.8 Å². The van der Waals surface area contributed by atoms with Crippen molar-refractivity contribution in [3.05, 3.63) is 64.1 Å². The van der Waals surface area contributed by atoms with Crippen LogP contribution in [-0.4, -0.2) is 27.2 Å². The smallest absolute Gasteiger partial charge is 0.270 e. The number of hydrogen-bond donors (Lipinski definition) is 0. The van der Waals surface area contributed by atoms with E-state index in [2.05, 4.69) is 31.1 Å². The zero-order valence-electron chi connectivity index (χ0n) is 14.5. The molecule has 1 aromatic carbocycles. The highest BCUT2D eigenvalue weighted by molar-refractivity contribution is 7.22. The molecule has 0 aliphatic rings. The molecule has 26 heavy (non-hydrogen) atoms. The molecule has 132 valence electrons. The molecule has 0 unspecified atom stereocenters. The molecule has 0 fully saturated rings. The normalized spacial score (nSPS) is 11.2. The second-order valence-electron chi connectivity index (χ2n) is 6.13. The second-order valence-corrected chi connectivity index (χ2v) is 8.09. The number of hydrogen-bond acceptors (Lipinski definition) is 5. The van der Waals surface area contributed by atoms with Gasteiger partial charge in [0.1, 0.15) is 0 Å². The fourth-order valence-electron chi connectivity index (χ4n) is 2.93. The van der Waals surface area contributed by atoms with Gasteiger partial charge in [-0.05, 0) is 48.6 Å². The van der Waals surface area contributed by atoms with E-state index in [1.54, 1.807) is 22.4 Å². The van der Waals surface area contributed by atoms with E-state index < -0.39 is 0 Å². The molecule has 0 aliphatic carbocycles. The molecule has 0 atom stereocenters. The SMILES string of the molecule is Cc1cc(C)c2nc(N(CCn3cccn3)C(=O)c3cccs3)sc2c1. The van der Waals surface area contributed by atoms with Crippen molar-refractivity contribution in [2.45, 2.75) is 20.4 Å². The quantitative estimate of drug-likeness (QED) is 0.510. The number of carbonyl (C=O) groups excluding carboxylic acids is 1. The Bertz CT molecular complexity index is 1040. The summed E-state index contributed by atoms with van der Waals surface area (Å²) >= 11 is 3.02. The van der Waals surface area contributed by atoms with E-state index in [-0.39, 0.29) is 5.91 Å². The maximum atomic E-state index is 13.1. The number of aromatic nitrogens is 3. The summed E-state index contributed by atoms with van der Waals surface area (Å²) in [6, 6.07) is 9.90. The summed E-state index contributed by atoms with van der Waals surface area (Å²) in [5.41, 5.74) is 3.31. The van der Waals surface area contributed by atoms with Crippen LogP contribution < -0.4 is 4.90 Å². The van der Waals surface area contributed by atoms with Gasteiger partial charge in [0.25, 0.3) is 5.91 Å². The third kappa shape index (κ3) is 3.27. The Hall–Kier alpha value is -2.51. The van der Waals surface area contributed by atoms with Crippen LogP contribution in [0, 0.1) is 13.8 Å². The minimum absolute atomic E-state index is 0.0133. The van der Waals surface area contributed by atoms with E-state index in [1.807, 2.05) is 34.5 Å². The molecular weight excluding hydrogens is 364 g/mol. The topological polar surface area (TPSA) is 51.0 Å². The molecule has 5 nitrogen and oxygen atoms in total. The van der Waals surface area contributed by atoms with E-state index in [9.17, 15) is 4.79 Å². The van der Waals surface area contributed by atoms with E-state index in [4.69, 9.17) is 4.98 Å². The molecule has 4 rings (SSSR count). The van der Waals surface area contributed by atoms with Gasteiger partial charge in [-0.2, -0.15) is 5.10 Å². The van der Waals surface area contributed by atoms with Crippen LogP contribution in [0.25, 0.3) is 10.2 Å². The fourth-order valence-corrected chi connectivity index (χ4v) is 4.76. The number of thiazole rings is 1. The lowest BCUT2D eigenvalue weighted by Gasteiger charge is -2.19. The Kier molecular flexibility index (Phi) is 4.57. The van der Waals surface area contributed by atoms with Crippen LogP contribution in [-0.2, 0) is 6.54 Å². The number of rotatable bonds is 5. The Morgan fingerprint density at radius 2 is 2.15 bits per heavy atom. The van der Waals surface area contributed by atoms with Crippen molar-refractivity contribution >= 4 is 43.9 Å². The van der Waals surface area contributed by atoms with Gasteiger partial charge in [-0.25, -0.2) is 4.98 Å². The van der Waals surface area contributed by atoms with Gasteiger partial charge in [0.2, 0.25) is 0 Å². The standard InChI is InChI=1S/C19H18N4OS2/c1-13-11-14(2)17-16(12-13)26-19(21-17)23(9-8-22-7-4-6-20-22)18(24)15-5-3-10-25-15/h3-7,10-12H,8-9H2,1-2H3. The van der Waals surface area contributed by atoms with Crippen LogP contribution in [0.2, 0.25) is 0 Å². The molecule has 0 N–H and O–H groups in total. The molecule has 0 bridgehead atoms. The molecule has 7 heteroatoms. The van der Waals surface area contributed by atoms with Crippen molar-refractivity contribution in [3.63, 3.8) is 0 Å². The molecule has 1 amide bonds. The summed E-state index contributed by atoms with van der Waals surface area (Å²) in [6.07, 6.45) is 3.65. The lowest BCUT2D eigenvalue weighted by Crippen LogP contribution is -2.33. The summed E-state index contributed by atoms with van der Waals surface area (Å²) in [5, 5.41) is 6.89. The lowest BCUT2D eigenvalue weighted by molar-refractivity contribution is 0.0989. The molecule has 0 saturated carbocycles. The number of anilines is 1. The predicted molar refractivity (Wildman–Crippen MR) is 107 cm³/mol. The summed E-state index contributed by atoms with van der Waals surface area (Å²) < 4.78 is 2.94. The van der Waals surface area contributed by atoms with Crippen LogP contribution in [0.15, 0.2) is 48.1 Å². The summed E-state index contributed by atoms with van der Waals surface area (Å²) in [6.45, 7) is 5.29. The van der Waals surface area contributed by atoms with Gasteiger partial charge in [0, 0.05) is 18.9 Å². The number of carbonyl (C=O) groups is 1. The first-order chi connectivity index (χ1) is 12.6. The zero-order chi connectivity index (χ0) is 18.1. The van der Waals surface area contributed by atoms with Crippen molar-refractivity contribution in [2.24, 2.45) is 0 Å². The maximum absolute atomic E-state index is 13.1. The summed E-state index contributed by atoms with van der Waals surface area (Å²) in [4.78, 5) is 20.3. The molecule has 0 aliphatic heterocycles. The number of amides is 1. The van der Waals surface area contributed by atoms with Gasteiger partial charge in [-0.15, -0.1) is 11.3 Å². The molecule has 0 spiro atoms. The molecular formula is C19H18N4OS2. The Labute approximate surface area is 159 Å². The van der Waals surface area contributed by atoms with Crippen LogP contribution in [0.5, 0.6) is 0 Å². The second kappa shape index (κ2) is 7.01. The highest BCUT2D eigenvalue weighted by Gasteiger charge is 2.22. The van der Waals surface area contributed by atoms with E-state index in [0.29, 0.717) is 13.1 Å². The minimum Gasteiger partial charge on any atom is -0.281 e. The third-order valence-electron chi connectivity index (χ3n) is 4.14. The first-order valence-electron chi connectivity index (χ1n) is 8.32.